The molecule has 0 bridgehead atoms. The number of hydrogen-bond donors (Lipinski definition) is 3. The highest BCUT2D eigenvalue weighted by Crippen LogP contribution is 2.30. The molecular weight excluding hydrogens is 527 g/mol. The summed E-state index contributed by atoms with van der Waals surface area (Å²) in [6.45, 7) is 3.19. The van der Waals surface area contributed by atoms with Crippen molar-refractivity contribution in [1.82, 2.24) is 0 Å². The van der Waals surface area contributed by atoms with Crippen LogP contribution in [-0.4, -0.2) is 33.6 Å². The Balaban J connectivity index is 1.66. The van der Waals surface area contributed by atoms with E-state index in [1.807, 2.05) is 0 Å². The Labute approximate surface area is 217 Å². The molecule has 0 aliphatic rings. The summed E-state index contributed by atoms with van der Waals surface area (Å²) < 4.78 is 76.6. The number of benzene rings is 3. The van der Waals surface area contributed by atoms with Crippen molar-refractivity contribution in [2.24, 2.45) is 0 Å². The van der Waals surface area contributed by atoms with Gasteiger partial charge in [0.15, 0.2) is 6.61 Å². The molecule has 0 aliphatic carbocycles. The van der Waals surface area contributed by atoms with Crippen LogP contribution in [0.3, 0.4) is 0 Å². The highest BCUT2D eigenvalue weighted by atomic mass is 32.2. The molecule has 3 aromatic rings. The van der Waals surface area contributed by atoms with Gasteiger partial charge in [0.2, 0.25) is 0 Å². The minimum absolute atomic E-state index is 0.104. The van der Waals surface area contributed by atoms with Crippen LogP contribution in [0.25, 0.3) is 0 Å². The van der Waals surface area contributed by atoms with E-state index in [1.165, 1.54) is 42.5 Å². The Morgan fingerprint density at radius 1 is 0.868 bits per heavy atom. The summed E-state index contributed by atoms with van der Waals surface area (Å²) in [6, 6.07) is 13.2. The minimum Gasteiger partial charge on any atom is -0.482 e. The van der Waals surface area contributed by atoms with Gasteiger partial charge in [0.05, 0.1) is 17.1 Å². The predicted molar refractivity (Wildman–Crippen MR) is 135 cm³/mol. The lowest BCUT2D eigenvalue weighted by Gasteiger charge is -2.14. The predicted octanol–water partition coefficient (Wildman–Crippen LogP) is 5.40. The summed E-state index contributed by atoms with van der Waals surface area (Å²) in [7, 11) is -4.07. The monoisotopic (exact) mass is 551 g/mol. The number of esters is 1. The average molecular weight is 552 g/mol. The van der Waals surface area contributed by atoms with Gasteiger partial charge in [-0.25, -0.2) is 18.0 Å². The molecular formula is C25H24F3N3O6S. The number of amides is 2. The summed E-state index contributed by atoms with van der Waals surface area (Å²) in [5, 5.41) is 4.85. The number of aryl methyl sites for hydroxylation is 1. The first-order chi connectivity index (χ1) is 17.9. The summed E-state index contributed by atoms with van der Waals surface area (Å²) in [6.07, 6.45) is -4.50. The van der Waals surface area contributed by atoms with E-state index in [9.17, 15) is 31.2 Å². The van der Waals surface area contributed by atoms with Gasteiger partial charge in [0.25, 0.3) is 10.0 Å². The van der Waals surface area contributed by atoms with Gasteiger partial charge in [-0.2, -0.15) is 13.2 Å². The molecule has 0 saturated carbocycles. The first-order valence-electron chi connectivity index (χ1n) is 11.1. The van der Waals surface area contributed by atoms with E-state index in [2.05, 4.69) is 15.4 Å². The van der Waals surface area contributed by atoms with E-state index in [0.717, 1.165) is 24.3 Å². The van der Waals surface area contributed by atoms with E-state index < -0.39 is 33.8 Å². The number of sulfonamides is 1. The van der Waals surface area contributed by atoms with Crippen LogP contribution in [0.15, 0.2) is 71.6 Å². The molecule has 9 nitrogen and oxygen atoms in total. The largest absolute Gasteiger partial charge is 0.482 e. The van der Waals surface area contributed by atoms with Crippen molar-refractivity contribution in [2.75, 3.05) is 28.6 Å². The third-order valence-electron chi connectivity index (χ3n) is 4.97. The molecule has 0 fully saturated rings. The van der Waals surface area contributed by atoms with Gasteiger partial charge in [0, 0.05) is 17.1 Å². The molecule has 3 N–H and O–H groups in total. The number of rotatable bonds is 9. The molecule has 0 aromatic heterocycles. The van der Waals surface area contributed by atoms with Crippen LogP contribution in [0, 0.1) is 6.92 Å². The van der Waals surface area contributed by atoms with Crippen LogP contribution in [0.4, 0.5) is 35.0 Å². The third-order valence-corrected chi connectivity index (χ3v) is 6.50. The Morgan fingerprint density at radius 2 is 1.45 bits per heavy atom. The first-order valence-corrected chi connectivity index (χ1v) is 12.6. The van der Waals surface area contributed by atoms with Crippen LogP contribution < -0.4 is 20.1 Å². The zero-order chi connectivity index (χ0) is 27.9. The smallest absolute Gasteiger partial charge is 0.416 e. The van der Waals surface area contributed by atoms with Gasteiger partial charge in [-0.15, -0.1) is 0 Å². The van der Waals surface area contributed by atoms with Crippen LogP contribution in [0.2, 0.25) is 0 Å². The number of carbonyl (C=O) groups excluding carboxylic acids is 2. The van der Waals surface area contributed by atoms with Crippen molar-refractivity contribution < 1.29 is 40.7 Å². The van der Waals surface area contributed by atoms with Crippen molar-refractivity contribution in [2.45, 2.75) is 24.9 Å². The summed E-state index contributed by atoms with van der Waals surface area (Å²) in [5.74, 6) is -0.197. The maximum absolute atomic E-state index is 13.0. The average Bonchev–Trinajstić information content (AvgIpc) is 2.84. The SMILES string of the molecule is CCOC(=O)COc1ccc(NS(=O)(=O)c2cc(NC(=O)Nc3ccc(C(F)(F)F)cc3)ccc2C)cc1. The molecule has 0 atom stereocenters. The second-order valence-corrected chi connectivity index (χ2v) is 9.51. The number of carbonyl (C=O) groups is 2. The van der Waals surface area contributed by atoms with Crippen LogP contribution >= 0.6 is 0 Å². The minimum atomic E-state index is -4.50. The molecule has 0 aliphatic heterocycles. The molecule has 0 radical (unpaired) electrons. The molecule has 2 amide bonds. The molecule has 3 aromatic carbocycles. The van der Waals surface area contributed by atoms with Crippen molar-refractivity contribution >= 4 is 39.1 Å². The molecule has 0 saturated heterocycles. The maximum atomic E-state index is 13.0. The summed E-state index contributed by atoms with van der Waals surface area (Å²) >= 11 is 0. The van der Waals surface area contributed by atoms with Crippen molar-refractivity contribution in [1.29, 1.82) is 0 Å². The van der Waals surface area contributed by atoms with E-state index in [-0.39, 0.29) is 35.2 Å². The maximum Gasteiger partial charge on any atom is 0.416 e. The van der Waals surface area contributed by atoms with E-state index in [1.54, 1.807) is 13.8 Å². The lowest BCUT2D eigenvalue weighted by atomic mass is 10.2. The number of alkyl halides is 3. The Kier molecular flexibility index (Phi) is 8.84. The Bertz CT molecular complexity index is 1390. The third kappa shape index (κ3) is 7.87. The summed E-state index contributed by atoms with van der Waals surface area (Å²) in [5.41, 5.74) is 0.0324. The zero-order valence-electron chi connectivity index (χ0n) is 20.3. The second-order valence-electron chi connectivity index (χ2n) is 7.86. The van der Waals surface area contributed by atoms with Gasteiger partial charge in [-0.1, -0.05) is 6.07 Å². The lowest BCUT2D eigenvalue weighted by molar-refractivity contribution is -0.145. The number of halogens is 3. The van der Waals surface area contributed by atoms with Gasteiger partial charge in [0.1, 0.15) is 5.75 Å². The number of anilines is 3. The molecule has 0 spiro atoms. The van der Waals surface area contributed by atoms with Crippen molar-refractivity contribution in [3.63, 3.8) is 0 Å². The summed E-state index contributed by atoms with van der Waals surface area (Å²) in [4.78, 5) is 23.6. The highest BCUT2D eigenvalue weighted by molar-refractivity contribution is 7.92. The molecule has 0 unspecified atom stereocenters. The van der Waals surface area contributed by atoms with E-state index in [4.69, 9.17) is 9.47 Å². The fourth-order valence-corrected chi connectivity index (χ4v) is 4.51. The standard InChI is InChI=1S/C25H24F3N3O6S/c1-3-36-23(32)15-37-21-12-10-19(11-13-21)31-38(34,35)22-14-20(7-4-16(22)2)30-24(33)29-18-8-5-17(6-9-18)25(26,27)28/h4-14,31H,3,15H2,1-2H3,(H2,29,30,33). The number of urea groups is 1. The van der Waals surface area contributed by atoms with Crippen molar-refractivity contribution in [3.8, 4) is 5.75 Å². The van der Waals surface area contributed by atoms with Crippen LogP contribution in [0.1, 0.15) is 18.1 Å². The molecule has 0 heterocycles. The first kappa shape index (κ1) is 28.3. The Morgan fingerprint density at radius 3 is 2.05 bits per heavy atom. The zero-order valence-corrected chi connectivity index (χ0v) is 21.1. The molecule has 38 heavy (non-hydrogen) atoms. The topological polar surface area (TPSA) is 123 Å². The molecule has 202 valence electrons. The Hall–Kier alpha value is -4.26. The lowest BCUT2D eigenvalue weighted by Crippen LogP contribution is -2.20. The van der Waals surface area contributed by atoms with Gasteiger partial charge < -0.3 is 20.1 Å². The quantitative estimate of drug-likeness (QED) is 0.306. The van der Waals surface area contributed by atoms with Gasteiger partial charge in [-0.05, 0) is 80.1 Å². The fourth-order valence-electron chi connectivity index (χ4n) is 3.18. The number of hydrogen-bond acceptors (Lipinski definition) is 6. The highest BCUT2D eigenvalue weighted by Gasteiger charge is 2.30. The normalized spacial score (nSPS) is 11.4. The van der Waals surface area contributed by atoms with Gasteiger partial charge >= 0.3 is 18.2 Å². The van der Waals surface area contributed by atoms with Crippen LogP contribution in [-0.2, 0) is 25.7 Å². The molecule has 3 rings (SSSR count). The number of ether oxygens (including phenoxy) is 2. The van der Waals surface area contributed by atoms with E-state index >= 15 is 0 Å². The number of nitrogens with one attached hydrogen (secondary N) is 3. The molecule has 13 heteroatoms. The second kappa shape index (κ2) is 11.9. The van der Waals surface area contributed by atoms with Crippen LogP contribution in [0.5, 0.6) is 5.75 Å². The fraction of sp³-hybridized carbons (Fsp3) is 0.200. The van der Waals surface area contributed by atoms with Gasteiger partial charge in [-0.3, -0.25) is 4.72 Å². The van der Waals surface area contributed by atoms with Crippen molar-refractivity contribution in [3.05, 3.63) is 77.9 Å². The van der Waals surface area contributed by atoms with E-state index in [0.29, 0.717) is 11.3 Å².